The van der Waals surface area contributed by atoms with E-state index in [0.717, 1.165) is 0 Å². The van der Waals surface area contributed by atoms with Crippen molar-refractivity contribution in [3.63, 3.8) is 0 Å². The highest BCUT2D eigenvalue weighted by atomic mass is 16.1. The maximum Gasteiger partial charge on any atom is 0.243 e. The summed E-state index contributed by atoms with van der Waals surface area (Å²) in [7, 11) is 1.55. The zero-order valence-electron chi connectivity index (χ0n) is 5.56. The van der Waals surface area contributed by atoms with Gasteiger partial charge in [0.15, 0.2) is 0 Å². The van der Waals surface area contributed by atoms with E-state index < -0.39 is 0 Å². The molecule has 0 aromatic carbocycles. The molecule has 1 amide bonds. The lowest BCUT2D eigenvalue weighted by atomic mass is 10.3. The number of nitrogens with one attached hydrogen (secondary N) is 2. The van der Waals surface area contributed by atoms with Gasteiger partial charge in [0.1, 0.15) is 0 Å². The quantitative estimate of drug-likeness (QED) is 0.406. The fourth-order valence-corrected chi connectivity index (χ4v) is 0.284. The summed E-state index contributed by atoms with van der Waals surface area (Å²) in [5, 5.41) is 9.29. The highest BCUT2D eigenvalue weighted by Gasteiger charge is 1.85. The second-order valence-corrected chi connectivity index (χ2v) is 1.63. The van der Waals surface area contributed by atoms with E-state index in [4.69, 9.17) is 5.41 Å². The number of hydrogen-bond donors (Lipinski definition) is 2. The van der Waals surface area contributed by atoms with Crippen LogP contribution in [-0.2, 0) is 4.79 Å². The number of allylic oxidation sites excluding steroid dienone is 1. The van der Waals surface area contributed by atoms with Crippen molar-refractivity contribution in [3.8, 4) is 0 Å². The molecule has 0 unspecified atom stereocenters. The average molecular weight is 126 g/mol. The van der Waals surface area contributed by atoms with Crippen molar-refractivity contribution in [2.75, 3.05) is 7.05 Å². The maximum atomic E-state index is 10.4. The Balaban J connectivity index is 3.71. The minimum Gasteiger partial charge on any atom is -0.356 e. The van der Waals surface area contributed by atoms with Gasteiger partial charge in [-0.1, -0.05) is 0 Å². The first kappa shape index (κ1) is 7.88. The first-order chi connectivity index (χ1) is 4.16. The van der Waals surface area contributed by atoms with Crippen LogP contribution in [0.25, 0.3) is 0 Å². The molecule has 0 aromatic heterocycles. The molecule has 0 spiro atoms. The minimum absolute atomic E-state index is 0.179. The van der Waals surface area contributed by atoms with Crippen molar-refractivity contribution >= 4 is 11.6 Å². The molecule has 3 nitrogen and oxygen atoms in total. The highest BCUT2D eigenvalue weighted by molar-refractivity contribution is 5.97. The van der Waals surface area contributed by atoms with E-state index in [1.54, 1.807) is 14.0 Å². The van der Waals surface area contributed by atoms with Crippen molar-refractivity contribution in [1.82, 2.24) is 5.32 Å². The molecule has 0 rings (SSSR count). The van der Waals surface area contributed by atoms with Gasteiger partial charge in [-0.15, -0.1) is 0 Å². The summed E-state index contributed by atoms with van der Waals surface area (Å²) in [5.41, 5.74) is 0.374. The van der Waals surface area contributed by atoms with Gasteiger partial charge in [-0.3, -0.25) is 4.79 Å². The Morgan fingerprint density at radius 1 is 1.56 bits per heavy atom. The van der Waals surface area contributed by atoms with Crippen LogP contribution in [0.2, 0.25) is 0 Å². The molecule has 2 N–H and O–H groups in total. The number of carbonyl (C=O) groups is 1. The summed E-state index contributed by atoms with van der Waals surface area (Å²) in [6.45, 7) is 1.61. The SMILES string of the molecule is CNC(=O)/C=C\C(C)=N. The van der Waals surface area contributed by atoms with E-state index in [-0.39, 0.29) is 5.91 Å². The second kappa shape index (κ2) is 3.83. The predicted octanol–water partition coefficient (Wildman–Crippen LogP) is 0.328. The Bertz CT molecular complexity index is 149. The molecular weight excluding hydrogens is 116 g/mol. The summed E-state index contributed by atoms with van der Waals surface area (Å²) in [6, 6.07) is 0. The van der Waals surface area contributed by atoms with E-state index >= 15 is 0 Å². The van der Waals surface area contributed by atoms with Gasteiger partial charge >= 0.3 is 0 Å². The summed E-state index contributed by atoms with van der Waals surface area (Å²) < 4.78 is 0. The molecule has 0 aliphatic heterocycles. The molecule has 9 heavy (non-hydrogen) atoms. The smallest absolute Gasteiger partial charge is 0.243 e. The normalized spacial score (nSPS) is 9.56. The van der Waals surface area contributed by atoms with Crippen molar-refractivity contribution in [3.05, 3.63) is 12.2 Å². The summed E-state index contributed by atoms with van der Waals surface area (Å²) in [5.74, 6) is -0.179. The van der Waals surface area contributed by atoms with Crippen LogP contribution in [0, 0.1) is 5.41 Å². The standard InChI is InChI=1S/C6H10N2O/c1-5(7)3-4-6(9)8-2/h3-4,7H,1-2H3,(H,8,9)/b4-3-,7-5?. The molecule has 0 radical (unpaired) electrons. The van der Waals surface area contributed by atoms with Crippen LogP contribution in [-0.4, -0.2) is 18.7 Å². The molecule has 0 atom stereocenters. The van der Waals surface area contributed by atoms with Crippen LogP contribution >= 0.6 is 0 Å². The highest BCUT2D eigenvalue weighted by Crippen LogP contribution is 1.74. The summed E-state index contributed by atoms with van der Waals surface area (Å²) >= 11 is 0. The number of rotatable bonds is 2. The van der Waals surface area contributed by atoms with Crippen molar-refractivity contribution < 1.29 is 4.79 Å². The van der Waals surface area contributed by atoms with Gasteiger partial charge in [0.25, 0.3) is 0 Å². The van der Waals surface area contributed by atoms with Gasteiger partial charge < -0.3 is 10.7 Å². The number of amides is 1. The van der Waals surface area contributed by atoms with Crippen molar-refractivity contribution in [2.45, 2.75) is 6.92 Å². The minimum atomic E-state index is -0.179. The summed E-state index contributed by atoms with van der Waals surface area (Å²) in [4.78, 5) is 10.4. The Labute approximate surface area is 54.3 Å². The largest absolute Gasteiger partial charge is 0.356 e. The molecule has 0 saturated carbocycles. The summed E-state index contributed by atoms with van der Waals surface area (Å²) in [6.07, 6.45) is 2.77. The molecular formula is C6H10N2O. The lowest BCUT2D eigenvalue weighted by Crippen LogP contribution is -2.14. The van der Waals surface area contributed by atoms with Gasteiger partial charge in [0.05, 0.1) is 0 Å². The lowest BCUT2D eigenvalue weighted by molar-refractivity contribution is -0.116. The molecule has 0 saturated heterocycles. The zero-order valence-corrected chi connectivity index (χ0v) is 5.56. The first-order valence-corrected chi connectivity index (χ1v) is 2.61. The second-order valence-electron chi connectivity index (χ2n) is 1.63. The fourth-order valence-electron chi connectivity index (χ4n) is 0.284. The molecule has 0 aromatic rings. The molecule has 0 heterocycles. The third-order valence-electron chi connectivity index (χ3n) is 0.731. The van der Waals surface area contributed by atoms with Crippen LogP contribution < -0.4 is 5.32 Å². The predicted molar refractivity (Wildman–Crippen MR) is 36.6 cm³/mol. The third kappa shape index (κ3) is 4.74. The van der Waals surface area contributed by atoms with Crippen LogP contribution in [0.4, 0.5) is 0 Å². The van der Waals surface area contributed by atoms with Crippen LogP contribution in [0.5, 0.6) is 0 Å². The molecule has 3 heteroatoms. The molecule has 0 bridgehead atoms. The third-order valence-corrected chi connectivity index (χ3v) is 0.731. The maximum absolute atomic E-state index is 10.4. The van der Waals surface area contributed by atoms with Gasteiger partial charge in [-0.25, -0.2) is 0 Å². The van der Waals surface area contributed by atoms with E-state index in [9.17, 15) is 4.79 Å². The van der Waals surface area contributed by atoms with Crippen LogP contribution in [0.15, 0.2) is 12.2 Å². The monoisotopic (exact) mass is 126 g/mol. The Morgan fingerprint density at radius 3 is 2.44 bits per heavy atom. The Hall–Kier alpha value is -1.12. The molecule has 50 valence electrons. The van der Waals surface area contributed by atoms with E-state index in [2.05, 4.69) is 5.32 Å². The number of carbonyl (C=O) groups excluding carboxylic acids is 1. The average Bonchev–Trinajstić information content (AvgIpc) is 1.83. The van der Waals surface area contributed by atoms with Crippen LogP contribution in [0.1, 0.15) is 6.92 Å². The molecule has 0 fully saturated rings. The van der Waals surface area contributed by atoms with Crippen LogP contribution in [0.3, 0.4) is 0 Å². The Kier molecular flexibility index (Phi) is 3.35. The number of hydrogen-bond acceptors (Lipinski definition) is 2. The van der Waals surface area contributed by atoms with Crippen molar-refractivity contribution in [1.29, 1.82) is 5.41 Å². The zero-order chi connectivity index (χ0) is 7.28. The molecule has 0 aliphatic carbocycles. The van der Waals surface area contributed by atoms with Crippen molar-refractivity contribution in [2.24, 2.45) is 0 Å². The van der Waals surface area contributed by atoms with Gasteiger partial charge in [0.2, 0.25) is 5.91 Å². The van der Waals surface area contributed by atoms with E-state index in [1.807, 2.05) is 0 Å². The lowest BCUT2D eigenvalue weighted by Gasteiger charge is -1.87. The van der Waals surface area contributed by atoms with Gasteiger partial charge in [-0.05, 0) is 13.0 Å². The first-order valence-electron chi connectivity index (χ1n) is 2.61. The molecule has 0 aliphatic rings. The topological polar surface area (TPSA) is 53.0 Å². The van der Waals surface area contributed by atoms with Gasteiger partial charge in [-0.2, -0.15) is 0 Å². The van der Waals surface area contributed by atoms with Gasteiger partial charge in [0, 0.05) is 18.8 Å². The number of likely N-dealkylation sites (N-methyl/N-ethyl adjacent to an activating group) is 1. The fraction of sp³-hybridized carbons (Fsp3) is 0.333. The van der Waals surface area contributed by atoms with E-state index in [0.29, 0.717) is 5.71 Å². The Morgan fingerprint density at radius 2 is 2.11 bits per heavy atom. The van der Waals surface area contributed by atoms with E-state index in [1.165, 1.54) is 12.2 Å².